The van der Waals surface area contributed by atoms with E-state index in [-0.39, 0.29) is 31.1 Å². The monoisotopic (exact) mass is 983 g/mol. The smallest absolute Gasteiger partial charge is 0.306 e. The van der Waals surface area contributed by atoms with Gasteiger partial charge in [0.05, 0.1) is 0 Å². The molecular weight excluding hydrogens is 877 g/mol. The SMILES string of the molecule is CC/C=C\C/C=C\C/C=C\C/C=C\C/C=C\C/C=C\CCCCCCCCCCCCCCC(=O)OCC(COC(=O)CCCCCCC)OC(=O)CCCCCC/C=C\C/C=C\C/C=C\C/C=C\CC. The van der Waals surface area contributed by atoms with Gasteiger partial charge in [-0.25, -0.2) is 0 Å². The van der Waals surface area contributed by atoms with Crippen molar-refractivity contribution < 1.29 is 28.6 Å². The molecule has 1 atom stereocenters. The van der Waals surface area contributed by atoms with E-state index in [0.717, 1.165) is 148 Å². The van der Waals surface area contributed by atoms with E-state index in [9.17, 15) is 14.4 Å². The third-order valence-electron chi connectivity index (χ3n) is 12.0. The summed E-state index contributed by atoms with van der Waals surface area (Å²) in [6.45, 7) is 6.30. The Morgan fingerprint density at radius 2 is 0.549 bits per heavy atom. The maximum atomic E-state index is 12.8. The van der Waals surface area contributed by atoms with Gasteiger partial charge in [0.25, 0.3) is 0 Å². The number of carbonyl (C=O) groups is 3. The number of esters is 3. The molecule has 0 aromatic rings. The highest BCUT2D eigenvalue weighted by atomic mass is 16.6. The van der Waals surface area contributed by atoms with Crippen LogP contribution in [0.15, 0.2) is 122 Å². The van der Waals surface area contributed by atoms with Crippen LogP contribution in [0.4, 0.5) is 0 Å². The third kappa shape index (κ3) is 56.6. The van der Waals surface area contributed by atoms with Crippen molar-refractivity contribution in [3.05, 3.63) is 122 Å². The second kappa shape index (κ2) is 58.4. The Morgan fingerprint density at radius 1 is 0.296 bits per heavy atom. The van der Waals surface area contributed by atoms with E-state index >= 15 is 0 Å². The molecule has 0 rings (SSSR count). The summed E-state index contributed by atoms with van der Waals surface area (Å²) in [4.78, 5) is 37.8. The molecule has 6 heteroatoms. The fraction of sp³-hybridized carbons (Fsp3) is 0.646. The highest BCUT2D eigenvalue weighted by molar-refractivity contribution is 5.71. The average Bonchev–Trinajstić information content (AvgIpc) is 3.37. The van der Waals surface area contributed by atoms with Crippen LogP contribution in [0, 0.1) is 0 Å². The van der Waals surface area contributed by atoms with Gasteiger partial charge in [0.15, 0.2) is 6.10 Å². The van der Waals surface area contributed by atoms with E-state index in [4.69, 9.17) is 14.2 Å². The molecular formula is C65H106O6. The molecule has 0 aliphatic rings. The molecule has 0 aromatic carbocycles. The number of unbranched alkanes of at least 4 members (excludes halogenated alkanes) is 20. The molecule has 0 fully saturated rings. The van der Waals surface area contributed by atoms with Crippen LogP contribution in [0.5, 0.6) is 0 Å². The standard InChI is InChI=1S/C65H106O6/c1-4-7-10-13-15-17-19-21-23-25-26-27-28-29-30-31-32-33-34-35-36-37-38-40-41-43-45-47-49-52-55-58-64(67)70-61-62(60-69-63(66)57-54-51-12-9-6-3)71-65(68)59-56-53-50-48-46-44-42-39-24-22-20-18-16-14-11-8-5-2/h7-8,10-11,15-18,21-24,26-27,29-30,32-33,42,44,62H,4-6,9,12-14,19-20,25,28,31,34-41,43,45-61H2,1-3H3/b10-7-,11-8-,17-15-,18-16-,23-21-,24-22-,27-26-,30-29-,33-32-,44-42-. The topological polar surface area (TPSA) is 78.9 Å². The Labute approximate surface area is 437 Å². The molecule has 0 aliphatic heterocycles. The first-order valence-electron chi connectivity index (χ1n) is 29.0. The molecule has 0 radical (unpaired) electrons. The summed E-state index contributed by atoms with van der Waals surface area (Å²) in [5.74, 6) is -0.933. The second-order valence-electron chi connectivity index (χ2n) is 18.8. The maximum Gasteiger partial charge on any atom is 0.306 e. The van der Waals surface area contributed by atoms with Crippen LogP contribution in [0.2, 0.25) is 0 Å². The maximum absolute atomic E-state index is 12.8. The van der Waals surface area contributed by atoms with E-state index in [1.807, 2.05) is 0 Å². The molecule has 0 aliphatic carbocycles. The first kappa shape index (κ1) is 66.8. The van der Waals surface area contributed by atoms with E-state index in [1.165, 1.54) is 64.2 Å². The Hall–Kier alpha value is -4.19. The molecule has 0 saturated carbocycles. The number of carbonyl (C=O) groups excluding carboxylic acids is 3. The minimum atomic E-state index is -0.790. The van der Waals surface area contributed by atoms with Crippen LogP contribution in [0.25, 0.3) is 0 Å². The van der Waals surface area contributed by atoms with E-state index < -0.39 is 6.10 Å². The summed E-state index contributed by atoms with van der Waals surface area (Å²) < 4.78 is 16.7. The first-order valence-corrected chi connectivity index (χ1v) is 29.0. The highest BCUT2D eigenvalue weighted by Crippen LogP contribution is 2.15. The van der Waals surface area contributed by atoms with Crippen molar-refractivity contribution >= 4 is 17.9 Å². The van der Waals surface area contributed by atoms with E-state index in [0.29, 0.717) is 19.3 Å². The van der Waals surface area contributed by atoms with Gasteiger partial charge in [0.1, 0.15) is 13.2 Å². The van der Waals surface area contributed by atoms with Crippen molar-refractivity contribution in [2.45, 2.75) is 258 Å². The lowest BCUT2D eigenvalue weighted by Gasteiger charge is -2.18. The van der Waals surface area contributed by atoms with Gasteiger partial charge in [0.2, 0.25) is 0 Å². The van der Waals surface area contributed by atoms with Gasteiger partial charge in [-0.1, -0.05) is 245 Å². The zero-order chi connectivity index (χ0) is 51.4. The van der Waals surface area contributed by atoms with Crippen LogP contribution in [0.3, 0.4) is 0 Å². The molecule has 402 valence electrons. The molecule has 0 amide bonds. The largest absolute Gasteiger partial charge is 0.462 e. The van der Waals surface area contributed by atoms with Crippen LogP contribution in [-0.4, -0.2) is 37.2 Å². The fourth-order valence-electron chi connectivity index (χ4n) is 7.67. The highest BCUT2D eigenvalue weighted by Gasteiger charge is 2.19. The number of allylic oxidation sites excluding steroid dienone is 20. The lowest BCUT2D eigenvalue weighted by molar-refractivity contribution is -0.167. The van der Waals surface area contributed by atoms with Gasteiger partial charge < -0.3 is 14.2 Å². The van der Waals surface area contributed by atoms with Crippen molar-refractivity contribution in [3.8, 4) is 0 Å². The van der Waals surface area contributed by atoms with E-state index in [1.54, 1.807) is 0 Å². The molecule has 0 bridgehead atoms. The summed E-state index contributed by atoms with van der Waals surface area (Å²) in [6.07, 6.45) is 81.0. The van der Waals surface area contributed by atoms with Gasteiger partial charge >= 0.3 is 17.9 Å². The molecule has 0 spiro atoms. The summed E-state index contributed by atoms with van der Waals surface area (Å²) in [5.41, 5.74) is 0. The summed E-state index contributed by atoms with van der Waals surface area (Å²) in [6, 6.07) is 0. The van der Waals surface area contributed by atoms with Gasteiger partial charge in [-0.15, -0.1) is 0 Å². The number of hydrogen-bond acceptors (Lipinski definition) is 6. The van der Waals surface area contributed by atoms with Crippen LogP contribution >= 0.6 is 0 Å². The Bertz CT molecular complexity index is 1500. The van der Waals surface area contributed by atoms with Crippen molar-refractivity contribution in [1.82, 2.24) is 0 Å². The third-order valence-corrected chi connectivity index (χ3v) is 12.0. The predicted molar refractivity (Wildman–Crippen MR) is 306 cm³/mol. The van der Waals surface area contributed by atoms with Crippen molar-refractivity contribution in [3.63, 3.8) is 0 Å². The zero-order valence-corrected chi connectivity index (χ0v) is 45.9. The molecule has 0 N–H and O–H groups in total. The molecule has 0 aromatic heterocycles. The summed E-state index contributed by atoms with van der Waals surface area (Å²) >= 11 is 0. The van der Waals surface area contributed by atoms with Crippen LogP contribution in [-0.2, 0) is 28.6 Å². The van der Waals surface area contributed by atoms with E-state index in [2.05, 4.69) is 142 Å². The predicted octanol–water partition coefficient (Wildman–Crippen LogP) is 19.6. The number of hydrogen-bond donors (Lipinski definition) is 0. The Morgan fingerprint density at radius 3 is 0.859 bits per heavy atom. The lowest BCUT2D eigenvalue weighted by atomic mass is 10.0. The van der Waals surface area contributed by atoms with Gasteiger partial charge in [-0.2, -0.15) is 0 Å². The minimum absolute atomic E-state index is 0.0905. The summed E-state index contributed by atoms with van der Waals surface area (Å²) in [5, 5.41) is 0. The number of ether oxygens (including phenoxy) is 3. The molecule has 6 nitrogen and oxygen atoms in total. The normalized spacial score (nSPS) is 13.0. The lowest BCUT2D eigenvalue weighted by Crippen LogP contribution is -2.30. The molecule has 0 saturated heterocycles. The van der Waals surface area contributed by atoms with Crippen molar-refractivity contribution in [1.29, 1.82) is 0 Å². The fourth-order valence-corrected chi connectivity index (χ4v) is 7.67. The van der Waals surface area contributed by atoms with Crippen molar-refractivity contribution in [2.75, 3.05) is 13.2 Å². The molecule has 71 heavy (non-hydrogen) atoms. The summed E-state index contributed by atoms with van der Waals surface area (Å²) in [7, 11) is 0. The Kier molecular flexibility index (Phi) is 54.9. The van der Waals surface area contributed by atoms with Gasteiger partial charge in [-0.05, 0) is 109 Å². The van der Waals surface area contributed by atoms with Gasteiger partial charge in [0, 0.05) is 19.3 Å². The molecule has 0 heterocycles. The number of rotatable bonds is 51. The minimum Gasteiger partial charge on any atom is -0.462 e. The van der Waals surface area contributed by atoms with Crippen LogP contribution in [0.1, 0.15) is 252 Å². The van der Waals surface area contributed by atoms with Gasteiger partial charge in [-0.3, -0.25) is 14.4 Å². The Balaban J connectivity index is 4.08. The average molecular weight is 984 g/mol. The molecule has 1 unspecified atom stereocenters. The zero-order valence-electron chi connectivity index (χ0n) is 45.9. The van der Waals surface area contributed by atoms with Crippen LogP contribution < -0.4 is 0 Å². The second-order valence-corrected chi connectivity index (χ2v) is 18.8. The van der Waals surface area contributed by atoms with Crippen molar-refractivity contribution in [2.24, 2.45) is 0 Å². The first-order chi connectivity index (χ1) is 35.0. The quantitative estimate of drug-likeness (QED) is 0.0261.